The van der Waals surface area contributed by atoms with E-state index in [1.165, 1.54) is 22.2 Å². The third kappa shape index (κ3) is 3.75. The molecule has 0 saturated heterocycles. The molecule has 0 saturated carbocycles. The van der Waals surface area contributed by atoms with Crippen molar-refractivity contribution in [2.45, 2.75) is 30.3 Å². The van der Waals surface area contributed by atoms with Gasteiger partial charge in [-0.05, 0) is 42.5 Å². The van der Waals surface area contributed by atoms with Crippen molar-refractivity contribution in [1.82, 2.24) is 14.5 Å². The number of hydrogen-bond acceptors (Lipinski definition) is 5. The minimum Gasteiger partial charge on any atom is -0.497 e. The average molecular weight is 400 g/mol. The van der Waals surface area contributed by atoms with Gasteiger partial charge in [-0.2, -0.15) is 0 Å². The third-order valence-corrected chi connectivity index (χ3v) is 6.78. The number of carbonyl (C=O) groups excluding carboxylic acids is 1. The van der Waals surface area contributed by atoms with Crippen LogP contribution in [-0.4, -0.2) is 39.3 Å². The molecule has 0 N–H and O–H groups in total. The van der Waals surface area contributed by atoms with E-state index in [1.807, 2.05) is 46.9 Å². The van der Waals surface area contributed by atoms with Crippen LogP contribution in [0.2, 0.25) is 0 Å². The second-order valence-corrected chi connectivity index (χ2v) is 8.73. The van der Waals surface area contributed by atoms with E-state index in [2.05, 4.69) is 16.4 Å². The van der Waals surface area contributed by atoms with Crippen LogP contribution in [0.5, 0.6) is 5.75 Å². The van der Waals surface area contributed by atoms with Gasteiger partial charge in [-0.25, -0.2) is 4.98 Å². The van der Waals surface area contributed by atoms with Gasteiger partial charge in [0.15, 0.2) is 5.16 Å². The highest BCUT2D eigenvalue weighted by atomic mass is 32.2. The number of methoxy groups -OCH3 is 1. The topological polar surface area (TPSA) is 47.4 Å². The van der Waals surface area contributed by atoms with Crippen LogP contribution < -0.4 is 4.74 Å². The van der Waals surface area contributed by atoms with Crippen LogP contribution in [0.15, 0.2) is 53.3 Å². The van der Waals surface area contributed by atoms with Crippen molar-refractivity contribution in [2.24, 2.45) is 0 Å². The summed E-state index contributed by atoms with van der Waals surface area (Å²) >= 11 is 3.28. The Labute approximate surface area is 167 Å². The Morgan fingerprint density at radius 3 is 3.11 bits per heavy atom. The Kier molecular flexibility index (Phi) is 5.22. The fourth-order valence-electron chi connectivity index (χ4n) is 3.24. The number of thiophene rings is 1. The summed E-state index contributed by atoms with van der Waals surface area (Å²) in [6.45, 7) is 3.47. The number of carbonyl (C=O) groups is 1. The van der Waals surface area contributed by atoms with Gasteiger partial charge >= 0.3 is 0 Å². The number of rotatable bonds is 5. The van der Waals surface area contributed by atoms with Crippen LogP contribution in [0.4, 0.5) is 0 Å². The predicted molar refractivity (Wildman–Crippen MR) is 109 cm³/mol. The van der Waals surface area contributed by atoms with Crippen molar-refractivity contribution in [3.63, 3.8) is 0 Å². The Bertz CT molecular complexity index is 950. The summed E-state index contributed by atoms with van der Waals surface area (Å²) in [7, 11) is 1.65. The second-order valence-electron chi connectivity index (χ2n) is 6.42. The lowest BCUT2D eigenvalue weighted by molar-refractivity contribution is -0.131. The number of imidazole rings is 1. The van der Waals surface area contributed by atoms with E-state index < -0.39 is 0 Å². The first-order valence-electron chi connectivity index (χ1n) is 8.84. The van der Waals surface area contributed by atoms with Crippen LogP contribution in [0.1, 0.15) is 17.4 Å². The third-order valence-electron chi connectivity index (χ3n) is 4.69. The van der Waals surface area contributed by atoms with Crippen LogP contribution >= 0.6 is 23.1 Å². The summed E-state index contributed by atoms with van der Waals surface area (Å²) in [5.41, 5.74) is 2.25. The molecule has 1 unspecified atom stereocenters. The molecule has 0 radical (unpaired) electrons. The largest absolute Gasteiger partial charge is 0.497 e. The lowest BCUT2D eigenvalue weighted by Gasteiger charge is -2.29. The molecule has 140 valence electrons. The Balaban J connectivity index is 1.48. The standard InChI is InChI=1S/C20H21N3O2S2/c1-14(19(24)22-9-6-18-15(13-22)7-11-26-18)27-20-21-8-10-23(20)16-4-3-5-17(12-16)25-2/h3-5,7-8,10-12,14H,6,9,13H2,1-2H3. The summed E-state index contributed by atoms with van der Waals surface area (Å²) in [5, 5.41) is 2.72. The molecular weight excluding hydrogens is 378 g/mol. The van der Waals surface area contributed by atoms with E-state index >= 15 is 0 Å². The SMILES string of the molecule is COc1cccc(-n2ccnc2SC(C)C(=O)N2CCc3sccc3C2)c1. The summed E-state index contributed by atoms with van der Waals surface area (Å²) in [6, 6.07) is 9.95. The van der Waals surface area contributed by atoms with Crippen LogP contribution in [-0.2, 0) is 17.8 Å². The van der Waals surface area contributed by atoms with Gasteiger partial charge in [-0.15, -0.1) is 11.3 Å². The molecule has 0 aliphatic carbocycles. The maximum Gasteiger partial charge on any atom is 0.236 e. The first-order valence-corrected chi connectivity index (χ1v) is 10.6. The van der Waals surface area contributed by atoms with Gasteiger partial charge in [0, 0.05) is 36.4 Å². The molecule has 1 amide bonds. The highest BCUT2D eigenvalue weighted by molar-refractivity contribution is 8.00. The van der Waals surface area contributed by atoms with Crippen LogP contribution in [0, 0.1) is 0 Å². The minimum absolute atomic E-state index is 0.164. The molecule has 4 rings (SSSR count). The zero-order chi connectivity index (χ0) is 18.8. The molecule has 0 fully saturated rings. The van der Waals surface area contributed by atoms with Gasteiger partial charge in [0.25, 0.3) is 0 Å². The van der Waals surface area contributed by atoms with Crippen molar-refractivity contribution in [1.29, 1.82) is 0 Å². The highest BCUT2D eigenvalue weighted by Crippen LogP contribution is 2.29. The van der Waals surface area contributed by atoms with E-state index in [4.69, 9.17) is 4.74 Å². The maximum atomic E-state index is 13.0. The van der Waals surface area contributed by atoms with Gasteiger partial charge in [0.2, 0.25) is 5.91 Å². The quantitative estimate of drug-likeness (QED) is 0.608. The molecule has 0 bridgehead atoms. The summed E-state index contributed by atoms with van der Waals surface area (Å²) in [6.07, 6.45) is 4.62. The van der Waals surface area contributed by atoms with Crippen molar-refractivity contribution in [3.05, 3.63) is 58.5 Å². The zero-order valence-electron chi connectivity index (χ0n) is 15.3. The number of benzene rings is 1. The van der Waals surface area contributed by atoms with Crippen molar-refractivity contribution in [2.75, 3.05) is 13.7 Å². The average Bonchev–Trinajstić information content (AvgIpc) is 3.35. The van der Waals surface area contributed by atoms with E-state index in [9.17, 15) is 4.79 Å². The van der Waals surface area contributed by atoms with Gasteiger partial charge in [-0.3, -0.25) is 9.36 Å². The van der Waals surface area contributed by atoms with E-state index in [1.54, 1.807) is 24.6 Å². The lowest BCUT2D eigenvalue weighted by atomic mass is 10.1. The number of thioether (sulfide) groups is 1. The minimum atomic E-state index is -0.197. The van der Waals surface area contributed by atoms with Gasteiger partial charge in [-0.1, -0.05) is 17.8 Å². The molecule has 2 aromatic heterocycles. The maximum absolute atomic E-state index is 13.0. The summed E-state index contributed by atoms with van der Waals surface area (Å²) in [5.74, 6) is 0.957. The van der Waals surface area contributed by atoms with Crippen LogP contribution in [0.25, 0.3) is 5.69 Å². The molecular formula is C20H21N3O2S2. The molecule has 27 heavy (non-hydrogen) atoms. The predicted octanol–water partition coefficient (Wildman–Crippen LogP) is 4.01. The lowest BCUT2D eigenvalue weighted by Crippen LogP contribution is -2.39. The molecule has 1 aliphatic heterocycles. The first kappa shape index (κ1) is 18.1. The molecule has 5 nitrogen and oxygen atoms in total. The Morgan fingerprint density at radius 1 is 1.37 bits per heavy atom. The van der Waals surface area contributed by atoms with E-state index in [0.29, 0.717) is 6.54 Å². The molecule has 1 atom stereocenters. The van der Waals surface area contributed by atoms with Crippen LogP contribution in [0.3, 0.4) is 0 Å². The highest BCUT2D eigenvalue weighted by Gasteiger charge is 2.27. The summed E-state index contributed by atoms with van der Waals surface area (Å²) in [4.78, 5) is 20.8. The number of ether oxygens (including phenoxy) is 1. The van der Waals surface area contributed by atoms with Gasteiger partial charge in [0.1, 0.15) is 5.75 Å². The molecule has 1 aliphatic rings. The van der Waals surface area contributed by atoms with Crippen molar-refractivity contribution < 1.29 is 9.53 Å². The first-order chi connectivity index (χ1) is 13.2. The normalized spacial score (nSPS) is 14.7. The molecule has 7 heteroatoms. The molecule has 3 aromatic rings. The fourth-order valence-corrected chi connectivity index (χ4v) is 5.09. The monoisotopic (exact) mass is 399 g/mol. The number of hydrogen-bond donors (Lipinski definition) is 0. The van der Waals surface area contributed by atoms with E-state index in [-0.39, 0.29) is 11.2 Å². The second kappa shape index (κ2) is 7.78. The van der Waals surface area contributed by atoms with Gasteiger partial charge < -0.3 is 9.64 Å². The molecule has 3 heterocycles. The van der Waals surface area contributed by atoms with Crippen molar-refractivity contribution in [3.8, 4) is 11.4 Å². The molecule has 0 spiro atoms. The zero-order valence-corrected chi connectivity index (χ0v) is 16.9. The summed E-state index contributed by atoms with van der Waals surface area (Å²) < 4.78 is 7.30. The number of aromatic nitrogens is 2. The Hall–Kier alpha value is -2.25. The molecule has 1 aromatic carbocycles. The smallest absolute Gasteiger partial charge is 0.236 e. The van der Waals surface area contributed by atoms with Crippen molar-refractivity contribution >= 4 is 29.0 Å². The number of nitrogens with zero attached hydrogens (tertiary/aromatic N) is 3. The van der Waals surface area contributed by atoms with E-state index in [0.717, 1.165) is 29.6 Å². The number of amides is 1. The Morgan fingerprint density at radius 2 is 2.26 bits per heavy atom. The fraction of sp³-hybridized carbons (Fsp3) is 0.300. The number of fused-ring (bicyclic) bond motifs is 1. The van der Waals surface area contributed by atoms with Gasteiger partial charge in [0.05, 0.1) is 18.0 Å².